The molecule has 1 heterocycles. The fourth-order valence-corrected chi connectivity index (χ4v) is 2.35. The number of nitrogens with zero attached hydrogens (tertiary/aromatic N) is 1. The van der Waals surface area contributed by atoms with Gasteiger partial charge in [-0.2, -0.15) is 0 Å². The molecule has 2 rings (SSSR count). The number of rotatable bonds is 5. The highest BCUT2D eigenvalue weighted by atomic mass is 79.9. The zero-order valence-electron chi connectivity index (χ0n) is 10.8. The van der Waals surface area contributed by atoms with Gasteiger partial charge in [0, 0.05) is 16.4 Å². The largest absolute Gasteiger partial charge is 0.440 e. The number of oxazole rings is 1. The Morgan fingerprint density at radius 2 is 2.11 bits per heavy atom. The zero-order chi connectivity index (χ0) is 13.1. The van der Waals surface area contributed by atoms with E-state index in [1.807, 2.05) is 25.1 Å². The summed E-state index contributed by atoms with van der Waals surface area (Å²) in [7, 11) is 0. The highest BCUT2D eigenvalue weighted by Crippen LogP contribution is 2.26. The van der Waals surface area contributed by atoms with Crippen LogP contribution in [0.5, 0.6) is 0 Å². The van der Waals surface area contributed by atoms with E-state index >= 15 is 0 Å². The Morgan fingerprint density at radius 3 is 2.83 bits per heavy atom. The van der Waals surface area contributed by atoms with E-state index in [2.05, 4.69) is 27.8 Å². The molecule has 1 aromatic heterocycles. The van der Waals surface area contributed by atoms with Gasteiger partial charge in [-0.3, -0.25) is 0 Å². The summed E-state index contributed by atoms with van der Waals surface area (Å²) in [6.45, 7) is 4.20. The SMILES string of the molecule is CC(N)CCCC(C)c1nc2cc(Br)ccc2o1. The maximum Gasteiger partial charge on any atom is 0.198 e. The summed E-state index contributed by atoms with van der Waals surface area (Å²) < 4.78 is 6.81. The van der Waals surface area contributed by atoms with Crippen LogP contribution in [0, 0.1) is 0 Å². The molecule has 4 heteroatoms. The Labute approximate surface area is 116 Å². The second-order valence-electron chi connectivity index (χ2n) is 4.97. The van der Waals surface area contributed by atoms with E-state index in [9.17, 15) is 0 Å². The van der Waals surface area contributed by atoms with Crippen molar-refractivity contribution >= 4 is 27.0 Å². The summed E-state index contributed by atoms with van der Waals surface area (Å²) in [6, 6.07) is 6.18. The first-order valence-electron chi connectivity index (χ1n) is 6.38. The fourth-order valence-electron chi connectivity index (χ4n) is 2.00. The third-order valence-corrected chi connectivity index (χ3v) is 3.58. The number of hydrogen-bond acceptors (Lipinski definition) is 3. The molecule has 2 N–H and O–H groups in total. The van der Waals surface area contributed by atoms with Gasteiger partial charge in [0.2, 0.25) is 0 Å². The molecule has 0 amide bonds. The number of halogens is 1. The lowest BCUT2D eigenvalue weighted by molar-refractivity contribution is 0.452. The van der Waals surface area contributed by atoms with Crippen molar-refractivity contribution in [1.29, 1.82) is 0 Å². The van der Waals surface area contributed by atoms with Gasteiger partial charge >= 0.3 is 0 Å². The summed E-state index contributed by atoms with van der Waals surface area (Å²) >= 11 is 3.44. The van der Waals surface area contributed by atoms with Gasteiger partial charge in [0.15, 0.2) is 11.5 Å². The Bertz CT molecular complexity index is 521. The molecule has 0 spiro atoms. The number of nitrogens with two attached hydrogens (primary N) is 1. The van der Waals surface area contributed by atoms with E-state index in [-0.39, 0.29) is 6.04 Å². The number of hydrogen-bond donors (Lipinski definition) is 1. The molecule has 3 nitrogen and oxygen atoms in total. The predicted octanol–water partition coefficient (Wildman–Crippen LogP) is 4.21. The van der Waals surface area contributed by atoms with Gasteiger partial charge in [-0.25, -0.2) is 4.98 Å². The first-order valence-corrected chi connectivity index (χ1v) is 7.17. The summed E-state index contributed by atoms with van der Waals surface area (Å²) in [4.78, 5) is 4.54. The Morgan fingerprint density at radius 1 is 1.33 bits per heavy atom. The molecule has 18 heavy (non-hydrogen) atoms. The zero-order valence-corrected chi connectivity index (χ0v) is 12.4. The van der Waals surface area contributed by atoms with Crippen LogP contribution in [0.1, 0.15) is 44.9 Å². The molecule has 98 valence electrons. The smallest absolute Gasteiger partial charge is 0.198 e. The van der Waals surface area contributed by atoms with Crippen molar-refractivity contribution in [2.45, 2.75) is 45.1 Å². The first kappa shape index (κ1) is 13.6. The van der Waals surface area contributed by atoms with Crippen molar-refractivity contribution in [1.82, 2.24) is 4.98 Å². The topological polar surface area (TPSA) is 52.0 Å². The summed E-state index contributed by atoms with van der Waals surface area (Å²) in [5, 5.41) is 0. The molecule has 1 aromatic carbocycles. The van der Waals surface area contributed by atoms with Crippen molar-refractivity contribution in [3.8, 4) is 0 Å². The standard InChI is InChI=1S/C14H19BrN2O/c1-9(4-3-5-10(2)16)14-17-12-8-11(15)6-7-13(12)18-14/h6-10H,3-5,16H2,1-2H3. The van der Waals surface area contributed by atoms with Crippen molar-refractivity contribution < 1.29 is 4.42 Å². The van der Waals surface area contributed by atoms with Crippen LogP contribution < -0.4 is 5.73 Å². The van der Waals surface area contributed by atoms with Crippen LogP contribution in [0.4, 0.5) is 0 Å². The second kappa shape index (κ2) is 5.85. The Balaban J connectivity index is 2.06. The number of aromatic nitrogens is 1. The maximum atomic E-state index is 5.78. The monoisotopic (exact) mass is 310 g/mol. The van der Waals surface area contributed by atoms with Gasteiger partial charge in [-0.05, 0) is 38.0 Å². The van der Waals surface area contributed by atoms with Gasteiger partial charge < -0.3 is 10.2 Å². The molecular formula is C14H19BrN2O. The second-order valence-corrected chi connectivity index (χ2v) is 5.89. The van der Waals surface area contributed by atoms with Gasteiger partial charge in [-0.15, -0.1) is 0 Å². The lowest BCUT2D eigenvalue weighted by Gasteiger charge is -2.08. The Hall–Kier alpha value is -0.870. The minimum absolute atomic E-state index is 0.275. The molecule has 0 aliphatic rings. The lowest BCUT2D eigenvalue weighted by Crippen LogP contribution is -2.14. The van der Waals surface area contributed by atoms with Crippen molar-refractivity contribution in [2.24, 2.45) is 5.73 Å². The van der Waals surface area contributed by atoms with Gasteiger partial charge in [-0.1, -0.05) is 29.3 Å². The minimum atomic E-state index is 0.275. The van der Waals surface area contributed by atoms with E-state index in [1.54, 1.807) is 0 Å². The Kier molecular flexibility index (Phi) is 4.40. The predicted molar refractivity (Wildman–Crippen MR) is 77.6 cm³/mol. The highest BCUT2D eigenvalue weighted by Gasteiger charge is 2.13. The molecule has 2 unspecified atom stereocenters. The molecule has 0 fully saturated rings. The lowest BCUT2D eigenvalue weighted by atomic mass is 10.0. The van der Waals surface area contributed by atoms with E-state index < -0.39 is 0 Å². The van der Waals surface area contributed by atoms with Crippen LogP contribution in [0.2, 0.25) is 0 Å². The molecule has 0 aliphatic heterocycles. The number of benzene rings is 1. The quantitative estimate of drug-likeness (QED) is 0.900. The molecule has 2 atom stereocenters. The van der Waals surface area contributed by atoms with Gasteiger partial charge in [0.25, 0.3) is 0 Å². The summed E-state index contributed by atoms with van der Waals surface area (Å²) in [6.07, 6.45) is 3.23. The van der Waals surface area contributed by atoms with Gasteiger partial charge in [0.1, 0.15) is 5.52 Å². The van der Waals surface area contributed by atoms with Crippen LogP contribution in [-0.4, -0.2) is 11.0 Å². The summed E-state index contributed by atoms with van der Waals surface area (Å²) in [5.41, 5.74) is 7.52. The molecule has 0 saturated heterocycles. The normalized spacial score (nSPS) is 14.9. The molecule has 0 bridgehead atoms. The maximum absolute atomic E-state index is 5.78. The van der Waals surface area contributed by atoms with Crippen molar-refractivity contribution in [2.75, 3.05) is 0 Å². The van der Waals surface area contributed by atoms with Crippen molar-refractivity contribution in [3.63, 3.8) is 0 Å². The average molecular weight is 311 g/mol. The van der Waals surface area contributed by atoms with E-state index in [1.165, 1.54) is 0 Å². The minimum Gasteiger partial charge on any atom is -0.440 e. The van der Waals surface area contributed by atoms with E-state index in [0.717, 1.165) is 40.7 Å². The third kappa shape index (κ3) is 3.33. The van der Waals surface area contributed by atoms with Gasteiger partial charge in [0.05, 0.1) is 0 Å². The number of fused-ring (bicyclic) bond motifs is 1. The van der Waals surface area contributed by atoms with Crippen molar-refractivity contribution in [3.05, 3.63) is 28.6 Å². The summed E-state index contributed by atoms with van der Waals surface area (Å²) in [5.74, 6) is 1.17. The molecule has 2 aromatic rings. The molecule has 0 radical (unpaired) electrons. The van der Waals surface area contributed by atoms with Crippen LogP contribution in [0.3, 0.4) is 0 Å². The third-order valence-electron chi connectivity index (χ3n) is 3.08. The van der Waals surface area contributed by atoms with E-state index in [4.69, 9.17) is 10.2 Å². The van der Waals surface area contributed by atoms with Crippen LogP contribution >= 0.6 is 15.9 Å². The fraction of sp³-hybridized carbons (Fsp3) is 0.500. The van der Waals surface area contributed by atoms with Crippen LogP contribution in [0.15, 0.2) is 27.1 Å². The molecular weight excluding hydrogens is 292 g/mol. The average Bonchev–Trinajstić information content (AvgIpc) is 2.71. The molecule has 0 aliphatic carbocycles. The van der Waals surface area contributed by atoms with E-state index in [0.29, 0.717) is 5.92 Å². The first-order chi connectivity index (χ1) is 8.56. The van der Waals surface area contributed by atoms with Crippen LogP contribution in [-0.2, 0) is 0 Å². The molecule has 0 saturated carbocycles. The highest BCUT2D eigenvalue weighted by molar-refractivity contribution is 9.10. The van der Waals surface area contributed by atoms with Crippen LogP contribution in [0.25, 0.3) is 11.1 Å².